The molecule has 5 nitrogen and oxygen atoms in total. The summed E-state index contributed by atoms with van der Waals surface area (Å²) >= 11 is 3.53. The zero-order chi connectivity index (χ0) is 19.7. The second-order valence-electron chi connectivity index (χ2n) is 7.36. The third-order valence-corrected chi connectivity index (χ3v) is 6.10. The molecular formula is C22H25BrN4O. The summed E-state index contributed by atoms with van der Waals surface area (Å²) in [5.41, 5.74) is 5.75. The molecule has 1 N–H and O–H groups in total. The van der Waals surface area contributed by atoms with Crippen molar-refractivity contribution < 1.29 is 0 Å². The molecule has 1 aliphatic rings. The average molecular weight is 441 g/mol. The SMILES string of the molecule is CCc1ncn(C)c(=O)c1CCN1CC=C(c2c[nH]c3cc(Br)ccc23)CC1. The molecule has 0 spiro atoms. The van der Waals surface area contributed by atoms with Gasteiger partial charge in [-0.2, -0.15) is 0 Å². The Morgan fingerprint density at radius 1 is 1.32 bits per heavy atom. The topological polar surface area (TPSA) is 53.9 Å². The van der Waals surface area contributed by atoms with Gasteiger partial charge >= 0.3 is 0 Å². The fourth-order valence-electron chi connectivity index (χ4n) is 3.97. The fraction of sp³-hybridized carbons (Fsp3) is 0.364. The van der Waals surface area contributed by atoms with Crippen LogP contribution in [0, 0.1) is 0 Å². The summed E-state index contributed by atoms with van der Waals surface area (Å²) < 4.78 is 2.67. The van der Waals surface area contributed by atoms with E-state index in [0.717, 1.165) is 60.1 Å². The largest absolute Gasteiger partial charge is 0.361 e. The van der Waals surface area contributed by atoms with E-state index in [1.807, 2.05) is 0 Å². The quantitative estimate of drug-likeness (QED) is 0.653. The summed E-state index contributed by atoms with van der Waals surface area (Å²) in [6, 6.07) is 6.38. The van der Waals surface area contributed by atoms with Crippen LogP contribution in [-0.4, -0.2) is 39.1 Å². The molecule has 6 heteroatoms. The highest BCUT2D eigenvalue weighted by Crippen LogP contribution is 2.30. The number of H-pyrrole nitrogens is 1. The number of nitrogens with zero attached hydrogens (tertiary/aromatic N) is 3. The number of aryl methyl sites for hydroxylation is 2. The first-order valence-electron chi connectivity index (χ1n) is 9.78. The zero-order valence-corrected chi connectivity index (χ0v) is 17.9. The van der Waals surface area contributed by atoms with Gasteiger partial charge in [0.05, 0.1) is 12.0 Å². The molecule has 3 aromatic rings. The molecule has 0 radical (unpaired) electrons. The van der Waals surface area contributed by atoms with E-state index in [0.29, 0.717) is 0 Å². The van der Waals surface area contributed by atoms with Crippen molar-refractivity contribution in [2.45, 2.75) is 26.2 Å². The molecule has 4 rings (SSSR count). The minimum atomic E-state index is 0.0880. The number of hydrogen-bond donors (Lipinski definition) is 1. The summed E-state index contributed by atoms with van der Waals surface area (Å²) in [6.07, 6.45) is 8.65. The molecular weight excluding hydrogens is 416 g/mol. The first-order chi connectivity index (χ1) is 13.6. The van der Waals surface area contributed by atoms with Crippen LogP contribution in [0.5, 0.6) is 0 Å². The number of rotatable bonds is 5. The Balaban J connectivity index is 1.46. The Morgan fingerprint density at radius 3 is 2.93 bits per heavy atom. The Kier molecular flexibility index (Phi) is 5.51. The van der Waals surface area contributed by atoms with Crippen molar-refractivity contribution in [2.75, 3.05) is 19.6 Å². The zero-order valence-electron chi connectivity index (χ0n) is 16.3. The van der Waals surface area contributed by atoms with E-state index in [1.54, 1.807) is 17.9 Å². The number of fused-ring (bicyclic) bond motifs is 1. The highest BCUT2D eigenvalue weighted by Gasteiger charge is 2.17. The van der Waals surface area contributed by atoms with Crippen molar-refractivity contribution in [1.29, 1.82) is 0 Å². The van der Waals surface area contributed by atoms with Crippen LogP contribution in [0.4, 0.5) is 0 Å². The van der Waals surface area contributed by atoms with Gasteiger partial charge in [0, 0.05) is 59.4 Å². The van der Waals surface area contributed by atoms with Gasteiger partial charge in [-0.15, -0.1) is 0 Å². The van der Waals surface area contributed by atoms with Gasteiger partial charge in [-0.25, -0.2) is 4.98 Å². The maximum absolute atomic E-state index is 12.5. The monoisotopic (exact) mass is 440 g/mol. The van der Waals surface area contributed by atoms with Crippen molar-refractivity contribution >= 4 is 32.4 Å². The van der Waals surface area contributed by atoms with E-state index in [2.05, 4.69) is 68.2 Å². The predicted octanol–water partition coefficient (Wildman–Crippen LogP) is 3.92. The van der Waals surface area contributed by atoms with Gasteiger partial charge in [-0.05, 0) is 37.0 Å². The van der Waals surface area contributed by atoms with Crippen LogP contribution in [0.2, 0.25) is 0 Å². The molecule has 28 heavy (non-hydrogen) atoms. The van der Waals surface area contributed by atoms with E-state index >= 15 is 0 Å². The molecule has 2 aromatic heterocycles. The predicted molar refractivity (Wildman–Crippen MR) is 118 cm³/mol. The average Bonchev–Trinajstić information content (AvgIpc) is 3.12. The van der Waals surface area contributed by atoms with Gasteiger partial charge in [0.15, 0.2) is 0 Å². The van der Waals surface area contributed by atoms with Gasteiger partial charge in [0.2, 0.25) is 0 Å². The van der Waals surface area contributed by atoms with Gasteiger partial charge in [0.1, 0.15) is 0 Å². The highest BCUT2D eigenvalue weighted by atomic mass is 79.9. The first-order valence-corrected chi connectivity index (χ1v) is 10.6. The fourth-order valence-corrected chi connectivity index (χ4v) is 4.33. The maximum Gasteiger partial charge on any atom is 0.256 e. The van der Waals surface area contributed by atoms with E-state index in [4.69, 9.17) is 0 Å². The lowest BCUT2D eigenvalue weighted by Gasteiger charge is -2.26. The summed E-state index contributed by atoms with van der Waals surface area (Å²) in [5.74, 6) is 0. The molecule has 0 saturated heterocycles. The molecule has 0 amide bonds. The summed E-state index contributed by atoms with van der Waals surface area (Å²) in [6.45, 7) is 4.87. The number of aromatic amines is 1. The lowest BCUT2D eigenvalue weighted by molar-refractivity contribution is 0.305. The Bertz CT molecular complexity index is 1100. The van der Waals surface area contributed by atoms with Crippen molar-refractivity contribution in [1.82, 2.24) is 19.4 Å². The number of hydrogen-bond acceptors (Lipinski definition) is 3. The Morgan fingerprint density at radius 2 is 2.18 bits per heavy atom. The van der Waals surface area contributed by atoms with E-state index in [-0.39, 0.29) is 5.56 Å². The first kappa shape index (κ1) is 19.2. The molecule has 146 valence electrons. The minimum Gasteiger partial charge on any atom is -0.361 e. The number of aromatic nitrogens is 3. The number of nitrogens with one attached hydrogen (secondary N) is 1. The molecule has 0 aliphatic carbocycles. The van der Waals surface area contributed by atoms with Crippen LogP contribution in [0.1, 0.15) is 30.2 Å². The summed E-state index contributed by atoms with van der Waals surface area (Å²) in [5, 5.41) is 1.27. The van der Waals surface area contributed by atoms with E-state index in [9.17, 15) is 4.79 Å². The molecule has 1 aromatic carbocycles. The van der Waals surface area contributed by atoms with Crippen molar-refractivity contribution in [3.8, 4) is 0 Å². The number of benzene rings is 1. The Labute approximate surface area is 173 Å². The lowest BCUT2D eigenvalue weighted by atomic mass is 9.98. The Hall–Kier alpha value is -2.18. The van der Waals surface area contributed by atoms with Crippen molar-refractivity contribution in [2.24, 2.45) is 7.05 Å². The molecule has 1 aliphatic heterocycles. The highest BCUT2D eigenvalue weighted by molar-refractivity contribution is 9.10. The smallest absolute Gasteiger partial charge is 0.256 e. The van der Waals surface area contributed by atoms with E-state index < -0.39 is 0 Å². The van der Waals surface area contributed by atoms with Crippen LogP contribution in [0.3, 0.4) is 0 Å². The molecule has 0 bridgehead atoms. The third-order valence-electron chi connectivity index (χ3n) is 5.61. The normalized spacial score (nSPS) is 15.2. The van der Waals surface area contributed by atoms with Gasteiger partial charge in [-0.3, -0.25) is 9.69 Å². The second kappa shape index (κ2) is 8.05. The van der Waals surface area contributed by atoms with Crippen LogP contribution in [-0.2, 0) is 19.9 Å². The summed E-state index contributed by atoms with van der Waals surface area (Å²) in [7, 11) is 1.77. The van der Waals surface area contributed by atoms with E-state index in [1.165, 1.54) is 16.5 Å². The van der Waals surface area contributed by atoms with Crippen LogP contribution in [0.15, 0.2) is 46.1 Å². The van der Waals surface area contributed by atoms with Crippen LogP contribution < -0.4 is 5.56 Å². The van der Waals surface area contributed by atoms with Gasteiger partial charge < -0.3 is 9.55 Å². The van der Waals surface area contributed by atoms with Gasteiger partial charge in [0.25, 0.3) is 5.56 Å². The lowest BCUT2D eigenvalue weighted by Crippen LogP contribution is -2.33. The van der Waals surface area contributed by atoms with Gasteiger partial charge in [-0.1, -0.05) is 35.0 Å². The van der Waals surface area contributed by atoms with Crippen LogP contribution >= 0.6 is 15.9 Å². The molecule has 0 saturated carbocycles. The molecule has 0 unspecified atom stereocenters. The standard InChI is InChI=1S/C22H25BrN4O/c1-3-20-18(22(28)26(2)14-25-20)8-11-27-9-6-15(7-10-27)19-13-24-21-12-16(23)4-5-17(19)21/h4-6,12-14,24H,3,7-11H2,1-2H3. The summed E-state index contributed by atoms with van der Waals surface area (Å²) in [4.78, 5) is 22.7. The third kappa shape index (κ3) is 3.71. The number of halogens is 1. The molecule has 3 heterocycles. The van der Waals surface area contributed by atoms with Crippen LogP contribution in [0.25, 0.3) is 16.5 Å². The van der Waals surface area contributed by atoms with Crippen molar-refractivity contribution in [3.63, 3.8) is 0 Å². The minimum absolute atomic E-state index is 0.0880. The maximum atomic E-state index is 12.5. The molecule has 0 fully saturated rings. The second-order valence-corrected chi connectivity index (χ2v) is 8.28. The van der Waals surface area contributed by atoms with Crippen molar-refractivity contribution in [3.05, 3.63) is 68.4 Å². The molecule has 0 atom stereocenters.